The summed E-state index contributed by atoms with van der Waals surface area (Å²) in [6.07, 6.45) is 3.35. The van der Waals surface area contributed by atoms with Gasteiger partial charge in [0.05, 0.1) is 11.5 Å². The van der Waals surface area contributed by atoms with Crippen LogP contribution in [-0.4, -0.2) is 37.5 Å². The Morgan fingerprint density at radius 2 is 2.15 bits per heavy atom. The van der Waals surface area contributed by atoms with Crippen LogP contribution < -0.4 is 0 Å². The minimum absolute atomic E-state index is 0.00933. The molecule has 0 atom stereocenters. The molecular formula is C15H19NO3S. The van der Waals surface area contributed by atoms with Crippen molar-refractivity contribution in [2.75, 3.05) is 13.7 Å². The second-order valence-corrected chi connectivity index (χ2v) is 6.91. The molecule has 0 amide bonds. The number of aliphatic hydroxyl groups is 1. The topological polar surface area (TPSA) is 57.6 Å². The Labute approximate surface area is 120 Å². The number of aliphatic hydroxyl groups excluding tert-OH is 1. The lowest BCUT2D eigenvalue weighted by Crippen LogP contribution is -2.41. The first-order valence-corrected chi connectivity index (χ1v) is 8.17. The molecule has 0 unspecified atom stereocenters. The largest absolute Gasteiger partial charge is 0.395 e. The molecule has 108 valence electrons. The van der Waals surface area contributed by atoms with Crippen LogP contribution in [-0.2, 0) is 10.0 Å². The lowest BCUT2D eigenvalue weighted by molar-refractivity contribution is 0.249. The molecule has 0 bridgehead atoms. The highest BCUT2D eigenvalue weighted by Gasteiger charge is 2.31. The van der Waals surface area contributed by atoms with Gasteiger partial charge in [-0.25, -0.2) is 8.42 Å². The Balaban J connectivity index is 2.23. The van der Waals surface area contributed by atoms with E-state index in [1.165, 1.54) is 4.31 Å². The highest BCUT2D eigenvalue weighted by atomic mass is 32.2. The first-order valence-electron chi connectivity index (χ1n) is 6.73. The minimum Gasteiger partial charge on any atom is -0.395 e. The molecule has 1 fully saturated rings. The molecule has 1 N–H and O–H groups in total. The van der Waals surface area contributed by atoms with Gasteiger partial charge in [0.1, 0.15) is 0 Å². The van der Waals surface area contributed by atoms with Crippen molar-refractivity contribution in [2.24, 2.45) is 0 Å². The van der Waals surface area contributed by atoms with E-state index in [1.807, 2.05) is 0 Å². The van der Waals surface area contributed by atoms with Crippen LogP contribution in [0.25, 0.3) is 0 Å². The highest BCUT2D eigenvalue weighted by molar-refractivity contribution is 7.89. The van der Waals surface area contributed by atoms with Gasteiger partial charge in [-0.05, 0) is 31.0 Å². The maximum atomic E-state index is 12.5. The van der Waals surface area contributed by atoms with E-state index in [0.29, 0.717) is 12.0 Å². The third-order valence-electron chi connectivity index (χ3n) is 3.57. The summed E-state index contributed by atoms with van der Waals surface area (Å²) in [7, 11) is -1.79. The highest BCUT2D eigenvalue weighted by Crippen LogP contribution is 2.28. The Morgan fingerprint density at radius 1 is 1.40 bits per heavy atom. The average molecular weight is 293 g/mol. The molecule has 0 spiro atoms. The van der Waals surface area contributed by atoms with Gasteiger partial charge < -0.3 is 5.11 Å². The van der Waals surface area contributed by atoms with Crippen molar-refractivity contribution in [1.82, 2.24) is 4.31 Å². The van der Waals surface area contributed by atoms with Gasteiger partial charge in [0.25, 0.3) is 0 Å². The van der Waals surface area contributed by atoms with Gasteiger partial charge >= 0.3 is 0 Å². The summed E-state index contributed by atoms with van der Waals surface area (Å²) < 4.78 is 26.4. The normalized spacial score (nSPS) is 15.6. The zero-order chi connectivity index (χ0) is 14.6. The molecule has 0 aliphatic heterocycles. The Kier molecular flexibility index (Phi) is 4.81. The summed E-state index contributed by atoms with van der Waals surface area (Å²) >= 11 is 0. The van der Waals surface area contributed by atoms with Crippen molar-refractivity contribution in [3.05, 3.63) is 29.8 Å². The van der Waals surface area contributed by atoms with E-state index in [4.69, 9.17) is 5.11 Å². The van der Waals surface area contributed by atoms with Crippen LogP contribution >= 0.6 is 0 Å². The molecule has 0 aromatic heterocycles. The molecule has 1 aromatic carbocycles. The standard InChI is InChI=1S/C15H19NO3S/c1-16(14-8-5-9-14)20(18,19)15-10-4-7-13(12-15)6-2-3-11-17/h4,7,10,12,14,17H,3,5,8-9,11H2,1H3. The third kappa shape index (κ3) is 3.21. The van der Waals surface area contributed by atoms with E-state index in [9.17, 15) is 8.42 Å². The van der Waals surface area contributed by atoms with Crippen LogP contribution in [0.15, 0.2) is 29.2 Å². The average Bonchev–Trinajstić information content (AvgIpc) is 2.37. The van der Waals surface area contributed by atoms with Crippen LogP contribution in [0.4, 0.5) is 0 Å². The van der Waals surface area contributed by atoms with Gasteiger partial charge in [-0.3, -0.25) is 0 Å². The molecule has 1 aromatic rings. The van der Waals surface area contributed by atoms with Gasteiger partial charge in [-0.15, -0.1) is 0 Å². The summed E-state index contributed by atoms with van der Waals surface area (Å²) in [5.74, 6) is 5.66. The lowest BCUT2D eigenvalue weighted by Gasteiger charge is -2.33. The predicted octanol–water partition coefficient (Wildman–Crippen LogP) is 1.59. The summed E-state index contributed by atoms with van der Waals surface area (Å²) in [6.45, 7) is 0.00933. The fraction of sp³-hybridized carbons (Fsp3) is 0.467. The third-order valence-corrected chi connectivity index (χ3v) is 5.48. The second-order valence-electron chi connectivity index (χ2n) is 4.91. The molecule has 5 heteroatoms. The SMILES string of the molecule is CN(C1CCC1)S(=O)(=O)c1cccc(C#CCCO)c1. The summed E-state index contributed by atoms with van der Waals surface area (Å²) in [4.78, 5) is 0.280. The van der Waals surface area contributed by atoms with E-state index < -0.39 is 10.0 Å². The van der Waals surface area contributed by atoms with E-state index in [2.05, 4.69) is 11.8 Å². The van der Waals surface area contributed by atoms with Crippen molar-refractivity contribution >= 4 is 10.0 Å². The number of rotatable bonds is 4. The number of benzene rings is 1. The van der Waals surface area contributed by atoms with E-state index in [1.54, 1.807) is 31.3 Å². The van der Waals surface area contributed by atoms with Crippen LogP contribution in [0.2, 0.25) is 0 Å². The van der Waals surface area contributed by atoms with Gasteiger partial charge in [0, 0.05) is 25.1 Å². The number of hydrogen-bond donors (Lipinski definition) is 1. The van der Waals surface area contributed by atoms with Crippen LogP contribution in [0, 0.1) is 11.8 Å². The quantitative estimate of drug-likeness (QED) is 0.858. The zero-order valence-electron chi connectivity index (χ0n) is 11.5. The molecule has 20 heavy (non-hydrogen) atoms. The Bertz CT molecular complexity index is 624. The van der Waals surface area contributed by atoms with Crippen molar-refractivity contribution < 1.29 is 13.5 Å². The Hall–Kier alpha value is -1.35. The number of sulfonamides is 1. The van der Waals surface area contributed by atoms with Crippen molar-refractivity contribution in [1.29, 1.82) is 0 Å². The minimum atomic E-state index is -3.44. The molecule has 4 nitrogen and oxygen atoms in total. The summed E-state index contributed by atoms with van der Waals surface area (Å²) in [5.41, 5.74) is 0.654. The van der Waals surface area contributed by atoms with Crippen molar-refractivity contribution in [3.8, 4) is 11.8 Å². The van der Waals surface area contributed by atoms with E-state index >= 15 is 0 Å². The van der Waals surface area contributed by atoms with Gasteiger partial charge in [-0.1, -0.05) is 24.3 Å². The van der Waals surface area contributed by atoms with Crippen molar-refractivity contribution in [2.45, 2.75) is 36.6 Å². The maximum absolute atomic E-state index is 12.5. The molecule has 1 saturated carbocycles. The van der Waals surface area contributed by atoms with Gasteiger partial charge in [0.15, 0.2) is 0 Å². The van der Waals surface area contributed by atoms with Crippen LogP contribution in [0.5, 0.6) is 0 Å². The Morgan fingerprint density at radius 3 is 2.75 bits per heavy atom. The smallest absolute Gasteiger partial charge is 0.243 e. The molecule has 0 radical (unpaired) electrons. The molecule has 0 heterocycles. The second kappa shape index (κ2) is 6.40. The number of hydrogen-bond acceptors (Lipinski definition) is 3. The monoisotopic (exact) mass is 293 g/mol. The maximum Gasteiger partial charge on any atom is 0.243 e. The lowest BCUT2D eigenvalue weighted by atomic mass is 9.94. The molecule has 0 saturated heterocycles. The predicted molar refractivity (Wildman–Crippen MR) is 77.6 cm³/mol. The summed E-state index contributed by atoms with van der Waals surface area (Å²) in [6, 6.07) is 6.79. The van der Waals surface area contributed by atoms with Crippen molar-refractivity contribution in [3.63, 3.8) is 0 Å². The summed E-state index contributed by atoms with van der Waals surface area (Å²) in [5, 5.41) is 8.69. The fourth-order valence-corrected chi connectivity index (χ4v) is 3.53. The zero-order valence-corrected chi connectivity index (χ0v) is 12.4. The molecule has 1 aliphatic rings. The van der Waals surface area contributed by atoms with E-state index in [-0.39, 0.29) is 17.5 Å². The first kappa shape index (κ1) is 15.0. The number of nitrogens with zero attached hydrogens (tertiary/aromatic N) is 1. The fourth-order valence-electron chi connectivity index (χ4n) is 2.07. The van der Waals surface area contributed by atoms with Crippen LogP contribution in [0.1, 0.15) is 31.2 Å². The van der Waals surface area contributed by atoms with Gasteiger partial charge in [0.2, 0.25) is 10.0 Å². The van der Waals surface area contributed by atoms with Gasteiger partial charge in [-0.2, -0.15) is 4.31 Å². The van der Waals surface area contributed by atoms with Crippen LogP contribution in [0.3, 0.4) is 0 Å². The molecule has 1 aliphatic carbocycles. The van der Waals surface area contributed by atoms with E-state index in [0.717, 1.165) is 19.3 Å². The molecular weight excluding hydrogens is 274 g/mol. The first-order chi connectivity index (χ1) is 9.55. The molecule has 2 rings (SSSR count).